The first-order chi connectivity index (χ1) is 17.9. The van der Waals surface area contributed by atoms with Crippen molar-refractivity contribution in [1.82, 2.24) is 10.2 Å². The third kappa shape index (κ3) is 8.48. The van der Waals surface area contributed by atoms with Gasteiger partial charge < -0.3 is 15.0 Å². The Labute approximate surface area is 228 Å². The van der Waals surface area contributed by atoms with Crippen LogP contribution in [0.15, 0.2) is 42.5 Å². The molecule has 2 atom stereocenters. The van der Waals surface area contributed by atoms with Gasteiger partial charge in [0.25, 0.3) is 0 Å². The van der Waals surface area contributed by atoms with Crippen molar-refractivity contribution in [2.45, 2.75) is 78.9 Å². The fourth-order valence-corrected chi connectivity index (χ4v) is 5.33. The van der Waals surface area contributed by atoms with Gasteiger partial charge in [-0.2, -0.15) is 0 Å². The summed E-state index contributed by atoms with van der Waals surface area (Å²) >= 11 is 0. The lowest BCUT2D eigenvalue weighted by atomic mass is 10.1. The molecule has 2 unspecified atom stereocenters. The number of nitrogens with zero attached hydrogens (tertiary/aromatic N) is 2. The van der Waals surface area contributed by atoms with Crippen molar-refractivity contribution in [1.29, 1.82) is 0 Å². The largest absolute Gasteiger partial charge is 0.497 e. The zero-order chi connectivity index (χ0) is 28.5. The predicted octanol–water partition coefficient (Wildman–Crippen LogP) is 4.58. The fourth-order valence-electron chi connectivity index (χ4n) is 4.32. The smallest absolute Gasteiger partial charge is 0.243 e. The molecule has 9 heteroatoms. The van der Waals surface area contributed by atoms with E-state index in [0.717, 1.165) is 23.1 Å². The molecule has 0 aliphatic carbocycles. The van der Waals surface area contributed by atoms with Crippen LogP contribution in [-0.2, 0) is 26.2 Å². The van der Waals surface area contributed by atoms with E-state index in [1.165, 1.54) is 10.6 Å². The van der Waals surface area contributed by atoms with Crippen LogP contribution >= 0.6 is 0 Å². The van der Waals surface area contributed by atoms with Crippen molar-refractivity contribution in [2.24, 2.45) is 0 Å². The molecule has 0 saturated heterocycles. The number of hydrogen-bond donors (Lipinski definition) is 1. The minimum atomic E-state index is -3.55. The Hall–Kier alpha value is -3.07. The lowest BCUT2D eigenvalue weighted by molar-refractivity contribution is -0.141. The molecule has 38 heavy (non-hydrogen) atoms. The molecule has 0 aliphatic rings. The number of aryl methyl sites for hydroxylation is 1. The van der Waals surface area contributed by atoms with Gasteiger partial charge in [0.15, 0.2) is 0 Å². The number of rotatable bonds is 14. The lowest BCUT2D eigenvalue weighted by Gasteiger charge is -2.32. The molecule has 0 saturated carbocycles. The highest BCUT2D eigenvalue weighted by molar-refractivity contribution is 7.92. The Bertz CT molecular complexity index is 1200. The summed E-state index contributed by atoms with van der Waals surface area (Å²) in [7, 11) is -1.97. The van der Waals surface area contributed by atoms with Gasteiger partial charge in [-0.1, -0.05) is 38.1 Å². The van der Waals surface area contributed by atoms with Gasteiger partial charge in [0.2, 0.25) is 21.8 Å². The quantitative estimate of drug-likeness (QED) is 0.375. The minimum Gasteiger partial charge on any atom is -0.497 e. The molecule has 0 aromatic heterocycles. The number of carbonyl (C=O) groups is 2. The molecule has 0 heterocycles. The summed E-state index contributed by atoms with van der Waals surface area (Å²) in [5, 5.41) is 3.01. The molecular formula is C29H43N3O5S. The standard InChI is InChI=1S/C29H43N3O5S/c1-8-22(4)30-29(34)26(9-2)31(20-24-14-11-15-25(19-24)37-6)28(33)17-12-18-32(38(7,35)36)27-16-10-13-21(3)23(27)5/h10-11,13-16,19,22,26H,8-9,12,17-18,20H2,1-7H3,(H,30,34). The zero-order valence-corrected chi connectivity index (χ0v) is 24.6. The van der Waals surface area contributed by atoms with Crippen molar-refractivity contribution < 1.29 is 22.7 Å². The molecular weight excluding hydrogens is 502 g/mol. The summed E-state index contributed by atoms with van der Waals surface area (Å²) in [4.78, 5) is 28.4. The van der Waals surface area contributed by atoms with Gasteiger partial charge in [0.05, 0.1) is 19.1 Å². The molecule has 8 nitrogen and oxygen atoms in total. The molecule has 2 aromatic carbocycles. The Morgan fingerprint density at radius 2 is 1.74 bits per heavy atom. The van der Waals surface area contributed by atoms with Crippen molar-refractivity contribution in [3.8, 4) is 5.75 Å². The van der Waals surface area contributed by atoms with Gasteiger partial charge in [-0.05, 0) is 74.9 Å². The molecule has 0 radical (unpaired) electrons. The van der Waals surface area contributed by atoms with E-state index in [2.05, 4.69) is 5.32 Å². The summed E-state index contributed by atoms with van der Waals surface area (Å²) in [6.45, 7) is 10.1. The van der Waals surface area contributed by atoms with E-state index in [4.69, 9.17) is 4.74 Å². The van der Waals surface area contributed by atoms with Crippen LogP contribution in [0.3, 0.4) is 0 Å². The average molecular weight is 546 g/mol. The number of amides is 2. The Kier molecular flexibility index (Phi) is 11.6. The highest BCUT2D eigenvalue weighted by Crippen LogP contribution is 2.26. The maximum atomic E-state index is 13.6. The third-order valence-electron chi connectivity index (χ3n) is 6.87. The van der Waals surface area contributed by atoms with Crippen LogP contribution in [0.5, 0.6) is 5.75 Å². The van der Waals surface area contributed by atoms with Gasteiger partial charge in [-0.3, -0.25) is 13.9 Å². The minimum absolute atomic E-state index is 0.00814. The number of methoxy groups -OCH3 is 1. The van der Waals surface area contributed by atoms with Gasteiger partial charge >= 0.3 is 0 Å². The van der Waals surface area contributed by atoms with Crippen molar-refractivity contribution in [3.05, 3.63) is 59.2 Å². The van der Waals surface area contributed by atoms with Gasteiger partial charge in [-0.15, -0.1) is 0 Å². The number of anilines is 1. The summed E-state index contributed by atoms with van der Waals surface area (Å²) < 4.78 is 32.0. The normalized spacial score (nSPS) is 12.9. The molecule has 2 rings (SSSR count). The molecule has 210 valence electrons. The van der Waals surface area contributed by atoms with Crippen LogP contribution in [0.1, 0.15) is 63.1 Å². The number of hydrogen-bond acceptors (Lipinski definition) is 5. The van der Waals surface area contributed by atoms with E-state index in [1.807, 2.05) is 71.0 Å². The van der Waals surface area contributed by atoms with Gasteiger partial charge in [-0.25, -0.2) is 8.42 Å². The number of carbonyl (C=O) groups excluding carboxylic acids is 2. The van der Waals surface area contributed by atoms with Crippen LogP contribution in [0.2, 0.25) is 0 Å². The van der Waals surface area contributed by atoms with Crippen LogP contribution in [0, 0.1) is 13.8 Å². The highest BCUT2D eigenvalue weighted by Gasteiger charge is 2.29. The molecule has 0 bridgehead atoms. The number of sulfonamides is 1. The summed E-state index contributed by atoms with van der Waals surface area (Å²) in [5.41, 5.74) is 3.35. The van der Waals surface area contributed by atoms with Gasteiger partial charge in [0.1, 0.15) is 11.8 Å². The highest BCUT2D eigenvalue weighted by atomic mass is 32.2. The predicted molar refractivity (Wildman–Crippen MR) is 153 cm³/mol. The van der Waals surface area contributed by atoms with E-state index in [1.54, 1.807) is 18.1 Å². The molecule has 0 spiro atoms. The Morgan fingerprint density at radius 3 is 2.34 bits per heavy atom. The second-order valence-corrected chi connectivity index (χ2v) is 11.7. The van der Waals surface area contributed by atoms with Crippen molar-refractivity contribution in [2.75, 3.05) is 24.2 Å². The zero-order valence-electron chi connectivity index (χ0n) is 23.8. The average Bonchev–Trinajstić information content (AvgIpc) is 2.87. The SMILES string of the molecule is CCC(C)NC(=O)C(CC)N(Cc1cccc(OC)c1)C(=O)CCCN(c1cccc(C)c1C)S(C)(=O)=O. The van der Waals surface area contributed by atoms with Crippen molar-refractivity contribution in [3.63, 3.8) is 0 Å². The maximum absolute atomic E-state index is 13.6. The maximum Gasteiger partial charge on any atom is 0.243 e. The topological polar surface area (TPSA) is 96.0 Å². The molecule has 0 aliphatic heterocycles. The van der Waals surface area contributed by atoms with E-state index in [9.17, 15) is 18.0 Å². The summed E-state index contributed by atoms with van der Waals surface area (Å²) in [5.74, 6) is 0.281. The fraction of sp³-hybridized carbons (Fsp3) is 0.517. The van der Waals surface area contributed by atoms with Crippen molar-refractivity contribution >= 4 is 27.5 Å². The second kappa shape index (κ2) is 14.2. The Balaban J connectivity index is 2.28. The molecule has 0 fully saturated rings. The first-order valence-corrected chi connectivity index (χ1v) is 15.0. The van der Waals surface area contributed by atoms with Crippen LogP contribution < -0.4 is 14.4 Å². The van der Waals surface area contributed by atoms with E-state index < -0.39 is 16.1 Å². The van der Waals surface area contributed by atoms with Crippen LogP contribution in [0.25, 0.3) is 0 Å². The van der Waals surface area contributed by atoms with Crippen LogP contribution in [-0.4, -0.2) is 57.1 Å². The monoisotopic (exact) mass is 545 g/mol. The van der Waals surface area contributed by atoms with Gasteiger partial charge in [0, 0.05) is 25.6 Å². The molecule has 2 aromatic rings. The van der Waals surface area contributed by atoms with E-state index in [-0.39, 0.29) is 37.4 Å². The third-order valence-corrected chi connectivity index (χ3v) is 8.05. The first-order valence-electron chi connectivity index (χ1n) is 13.2. The summed E-state index contributed by atoms with van der Waals surface area (Å²) in [6, 6.07) is 12.3. The Morgan fingerprint density at radius 1 is 1.05 bits per heavy atom. The second-order valence-electron chi connectivity index (χ2n) is 9.77. The number of ether oxygens (including phenoxy) is 1. The van der Waals surface area contributed by atoms with Crippen LogP contribution in [0.4, 0.5) is 5.69 Å². The number of benzene rings is 2. The lowest BCUT2D eigenvalue weighted by Crippen LogP contribution is -2.50. The van der Waals surface area contributed by atoms with E-state index >= 15 is 0 Å². The first kappa shape index (κ1) is 31.1. The molecule has 1 N–H and O–H groups in total. The molecule has 2 amide bonds. The van der Waals surface area contributed by atoms with E-state index in [0.29, 0.717) is 24.3 Å². The summed E-state index contributed by atoms with van der Waals surface area (Å²) in [6.07, 6.45) is 2.84. The number of nitrogens with one attached hydrogen (secondary N) is 1.